The van der Waals surface area contributed by atoms with Crippen LogP contribution in [-0.2, 0) is 4.79 Å². The van der Waals surface area contributed by atoms with E-state index in [1.54, 1.807) is 0 Å². The van der Waals surface area contributed by atoms with E-state index in [2.05, 4.69) is 4.90 Å². The highest BCUT2D eigenvalue weighted by molar-refractivity contribution is 5.79. The molecule has 0 bridgehead atoms. The van der Waals surface area contributed by atoms with E-state index >= 15 is 0 Å². The van der Waals surface area contributed by atoms with Crippen molar-refractivity contribution in [1.82, 2.24) is 4.90 Å². The van der Waals surface area contributed by atoms with Gasteiger partial charge in [0.05, 0.1) is 11.0 Å². The van der Waals surface area contributed by atoms with Gasteiger partial charge in [-0.05, 0) is 38.5 Å². The Labute approximate surface area is 95.2 Å². The summed E-state index contributed by atoms with van der Waals surface area (Å²) in [6.45, 7) is 1.74. The van der Waals surface area contributed by atoms with E-state index in [0.717, 1.165) is 19.1 Å². The summed E-state index contributed by atoms with van der Waals surface area (Å²) in [5.41, 5.74) is -1.74. The zero-order valence-corrected chi connectivity index (χ0v) is 9.48. The number of hydrogen-bond acceptors (Lipinski definition) is 3. The molecule has 1 saturated heterocycles. The van der Waals surface area contributed by atoms with Crippen molar-refractivity contribution in [3.8, 4) is 0 Å². The molecule has 90 valence electrons. The first kappa shape index (κ1) is 10.5. The summed E-state index contributed by atoms with van der Waals surface area (Å²) in [5.74, 6) is -0.796. The van der Waals surface area contributed by atoms with Gasteiger partial charge in [0.1, 0.15) is 0 Å². The predicted octanol–water partition coefficient (Wildman–Crippen LogP) is 0.840. The summed E-state index contributed by atoms with van der Waals surface area (Å²) >= 11 is 0. The number of nitrogens with zero attached hydrogens (tertiary/aromatic N) is 1. The highest BCUT2D eigenvalue weighted by atomic mass is 16.4. The smallest absolute Gasteiger partial charge is 0.312 e. The summed E-state index contributed by atoms with van der Waals surface area (Å²) < 4.78 is 0. The normalized spacial score (nSPS) is 32.3. The maximum absolute atomic E-state index is 11.2. The molecule has 2 saturated carbocycles. The molecule has 0 atom stereocenters. The highest BCUT2D eigenvalue weighted by Gasteiger charge is 2.64. The minimum atomic E-state index is -0.940. The van der Waals surface area contributed by atoms with Crippen molar-refractivity contribution in [3.05, 3.63) is 0 Å². The van der Waals surface area contributed by atoms with Crippen LogP contribution < -0.4 is 0 Å². The Bertz CT molecular complexity index is 312. The summed E-state index contributed by atoms with van der Waals surface area (Å²) in [5, 5.41) is 19.8. The maximum atomic E-state index is 11.2. The molecule has 16 heavy (non-hydrogen) atoms. The van der Waals surface area contributed by atoms with Crippen LogP contribution in [-0.4, -0.2) is 45.8 Å². The summed E-state index contributed by atoms with van der Waals surface area (Å²) in [6, 6.07) is 0.726. The number of rotatable bonds is 3. The van der Waals surface area contributed by atoms with E-state index in [0.29, 0.717) is 25.7 Å². The summed E-state index contributed by atoms with van der Waals surface area (Å²) in [7, 11) is 0. The number of carbonyl (C=O) groups is 1. The van der Waals surface area contributed by atoms with Crippen molar-refractivity contribution in [2.24, 2.45) is 5.41 Å². The van der Waals surface area contributed by atoms with Crippen LogP contribution in [0.25, 0.3) is 0 Å². The molecular weight excluding hydrogens is 206 g/mol. The van der Waals surface area contributed by atoms with Crippen LogP contribution in [0.5, 0.6) is 0 Å². The number of carboxylic acid groups (broad SMARTS) is 1. The first-order valence-electron chi connectivity index (χ1n) is 6.27. The van der Waals surface area contributed by atoms with Crippen LogP contribution in [0.4, 0.5) is 0 Å². The number of aliphatic hydroxyl groups is 1. The predicted molar refractivity (Wildman–Crippen MR) is 58.1 cm³/mol. The molecule has 1 aliphatic heterocycles. The van der Waals surface area contributed by atoms with Gasteiger partial charge < -0.3 is 15.1 Å². The topological polar surface area (TPSA) is 60.8 Å². The van der Waals surface area contributed by atoms with Crippen molar-refractivity contribution in [2.75, 3.05) is 13.1 Å². The number of carboxylic acids is 1. The molecule has 3 rings (SSSR count). The molecule has 0 aromatic carbocycles. The summed E-state index contributed by atoms with van der Waals surface area (Å²) in [6.07, 6.45) is 5.14. The van der Waals surface area contributed by atoms with E-state index in [9.17, 15) is 15.0 Å². The van der Waals surface area contributed by atoms with Crippen LogP contribution in [0.15, 0.2) is 0 Å². The molecule has 3 aliphatic rings. The van der Waals surface area contributed by atoms with Crippen LogP contribution in [0.2, 0.25) is 0 Å². The molecule has 2 N–H and O–H groups in total. The van der Waals surface area contributed by atoms with Crippen molar-refractivity contribution in [3.63, 3.8) is 0 Å². The van der Waals surface area contributed by atoms with Gasteiger partial charge in [-0.15, -0.1) is 0 Å². The second-order valence-electron chi connectivity index (χ2n) is 5.69. The first-order chi connectivity index (χ1) is 7.57. The quantitative estimate of drug-likeness (QED) is 0.747. The van der Waals surface area contributed by atoms with Crippen molar-refractivity contribution in [2.45, 2.75) is 50.2 Å². The zero-order chi connectivity index (χ0) is 11.4. The second kappa shape index (κ2) is 3.20. The third-order valence-corrected chi connectivity index (χ3v) is 4.74. The lowest BCUT2D eigenvalue weighted by Gasteiger charge is -2.42. The lowest BCUT2D eigenvalue weighted by molar-refractivity contribution is -0.160. The molecule has 4 nitrogen and oxygen atoms in total. The Kier molecular flexibility index (Phi) is 2.11. The van der Waals surface area contributed by atoms with Gasteiger partial charge in [-0.25, -0.2) is 0 Å². The van der Waals surface area contributed by atoms with Crippen LogP contribution in [0.1, 0.15) is 38.5 Å². The van der Waals surface area contributed by atoms with Gasteiger partial charge in [-0.1, -0.05) is 0 Å². The molecule has 2 aliphatic carbocycles. The monoisotopic (exact) mass is 225 g/mol. The molecule has 0 aromatic heterocycles. The molecule has 3 fully saturated rings. The van der Waals surface area contributed by atoms with Gasteiger partial charge in [0.25, 0.3) is 0 Å². The molecule has 4 heteroatoms. The standard InChI is InChI=1S/C12H19NO3/c14-10(15)11(3-4-11)12(16)5-7-13(8-6-12)9-1-2-9/h9,16H,1-8H2,(H,14,15). The van der Waals surface area contributed by atoms with Gasteiger partial charge in [-0.3, -0.25) is 4.79 Å². The average Bonchev–Trinajstić information content (AvgIpc) is 3.12. The van der Waals surface area contributed by atoms with E-state index in [1.165, 1.54) is 12.8 Å². The van der Waals surface area contributed by atoms with Gasteiger partial charge in [0.2, 0.25) is 0 Å². The Hall–Kier alpha value is -0.610. The van der Waals surface area contributed by atoms with Gasteiger partial charge in [-0.2, -0.15) is 0 Å². The minimum Gasteiger partial charge on any atom is -0.481 e. The highest BCUT2D eigenvalue weighted by Crippen LogP contribution is 2.58. The lowest BCUT2D eigenvalue weighted by Crippen LogP contribution is -2.52. The number of hydrogen-bond donors (Lipinski definition) is 2. The second-order valence-corrected chi connectivity index (χ2v) is 5.69. The van der Waals surface area contributed by atoms with Crippen molar-refractivity contribution < 1.29 is 15.0 Å². The third-order valence-electron chi connectivity index (χ3n) is 4.74. The van der Waals surface area contributed by atoms with Gasteiger partial charge in [0, 0.05) is 19.1 Å². The Morgan fingerprint density at radius 1 is 1.12 bits per heavy atom. The fourth-order valence-electron chi connectivity index (χ4n) is 3.18. The van der Waals surface area contributed by atoms with E-state index in [4.69, 9.17) is 0 Å². The van der Waals surface area contributed by atoms with E-state index in [1.807, 2.05) is 0 Å². The molecule has 0 unspecified atom stereocenters. The Balaban J connectivity index is 1.69. The van der Waals surface area contributed by atoms with Gasteiger partial charge >= 0.3 is 5.97 Å². The molecular formula is C12H19NO3. The van der Waals surface area contributed by atoms with E-state index in [-0.39, 0.29) is 0 Å². The largest absolute Gasteiger partial charge is 0.481 e. The molecule has 0 amide bonds. The number of aliphatic carboxylic acids is 1. The molecule has 0 spiro atoms. The fourth-order valence-corrected chi connectivity index (χ4v) is 3.18. The SMILES string of the molecule is O=C(O)C1(C2(O)CCN(C3CC3)CC2)CC1. The first-order valence-corrected chi connectivity index (χ1v) is 6.27. The fraction of sp³-hybridized carbons (Fsp3) is 0.917. The van der Waals surface area contributed by atoms with Crippen LogP contribution in [0, 0.1) is 5.41 Å². The third kappa shape index (κ3) is 1.39. The Morgan fingerprint density at radius 3 is 2.06 bits per heavy atom. The molecule has 0 aromatic rings. The maximum Gasteiger partial charge on any atom is 0.312 e. The lowest BCUT2D eigenvalue weighted by atomic mass is 9.76. The van der Waals surface area contributed by atoms with E-state index < -0.39 is 17.0 Å². The van der Waals surface area contributed by atoms with Crippen molar-refractivity contribution >= 4 is 5.97 Å². The number of likely N-dealkylation sites (tertiary alicyclic amines) is 1. The number of piperidine rings is 1. The minimum absolute atomic E-state index is 0.635. The molecule has 0 radical (unpaired) electrons. The summed E-state index contributed by atoms with van der Waals surface area (Å²) in [4.78, 5) is 13.7. The van der Waals surface area contributed by atoms with Crippen molar-refractivity contribution in [1.29, 1.82) is 0 Å². The van der Waals surface area contributed by atoms with Crippen LogP contribution in [0.3, 0.4) is 0 Å². The Morgan fingerprint density at radius 2 is 1.69 bits per heavy atom. The van der Waals surface area contributed by atoms with Gasteiger partial charge in [0.15, 0.2) is 0 Å². The average molecular weight is 225 g/mol. The zero-order valence-electron chi connectivity index (χ0n) is 9.48. The molecule has 1 heterocycles. The van der Waals surface area contributed by atoms with Crippen LogP contribution >= 0.6 is 0 Å².